The number of aromatic hydroxyl groups is 2. The van der Waals surface area contributed by atoms with E-state index in [1.807, 2.05) is 0 Å². The monoisotopic (exact) mass is 216 g/mol. The van der Waals surface area contributed by atoms with Crippen molar-refractivity contribution < 1.29 is 84.3 Å². The summed E-state index contributed by atoms with van der Waals surface area (Å²) in [5, 5.41) is 34.0. The van der Waals surface area contributed by atoms with Gasteiger partial charge in [0.05, 0.1) is 0 Å². The molecule has 0 saturated carbocycles. The number of phenols is 2. The van der Waals surface area contributed by atoms with Gasteiger partial charge < -0.3 is 25.2 Å². The van der Waals surface area contributed by atoms with Gasteiger partial charge in [-0.2, -0.15) is 0 Å². The van der Waals surface area contributed by atoms with Crippen LogP contribution in [0.25, 0.3) is 0 Å². The van der Waals surface area contributed by atoms with Crippen LogP contribution in [-0.4, -0.2) is 16.4 Å². The summed E-state index contributed by atoms with van der Waals surface area (Å²) < 4.78 is 0. The van der Waals surface area contributed by atoms with Crippen molar-refractivity contribution in [3.8, 4) is 11.5 Å². The number of carbonyl (C=O) groups excluding carboxylic acids is 1. The second-order valence-corrected chi connectivity index (χ2v) is 1.77. The molecular formula is C7H6Na2O5. The van der Waals surface area contributed by atoms with Gasteiger partial charge in [0, 0.05) is 6.07 Å². The summed E-state index contributed by atoms with van der Waals surface area (Å²) in [6.07, 6.45) is -2.33. The fraction of sp³-hybridized carbons (Fsp3) is 0. The molecule has 0 aliphatic carbocycles. The van der Waals surface area contributed by atoms with E-state index >= 15 is 0 Å². The fourth-order valence-electron chi connectivity index (χ4n) is 0.493. The first-order valence-electron chi connectivity index (χ1n) is 2.88. The molecule has 0 radical (unpaired) electrons. The van der Waals surface area contributed by atoms with Crippen molar-refractivity contribution in [2.45, 2.75) is 0 Å². The third-order valence-corrected chi connectivity index (χ3v) is 0.830. The molecule has 0 aliphatic rings. The minimum atomic E-state index is -2.33. The third kappa shape index (κ3) is 14.6. The Morgan fingerprint density at radius 2 is 1.36 bits per heavy atom. The molecule has 2 N–H and O–H groups in total. The average Bonchev–Trinajstić information content (AvgIpc) is 1.84. The molecule has 0 saturated heterocycles. The van der Waals surface area contributed by atoms with Gasteiger partial charge in [-0.15, -0.1) is 0 Å². The Morgan fingerprint density at radius 1 is 1.07 bits per heavy atom. The summed E-state index contributed by atoms with van der Waals surface area (Å²) in [4.78, 5) is 8.33. The van der Waals surface area contributed by atoms with Crippen LogP contribution >= 0.6 is 0 Å². The smallest absolute Gasteiger partial charge is 0.652 e. The van der Waals surface area contributed by atoms with Gasteiger partial charge in [0.15, 0.2) is 0 Å². The van der Waals surface area contributed by atoms with E-state index in [9.17, 15) is 0 Å². The standard InChI is InChI=1S/C6H6O2.CH2O3.2Na/c7-5-2-1-3-6(8)4-5;2-1(3)4;;/h1-4,7-8H;(H2,2,3,4);;/q;;2*+1/p-2. The zero-order valence-corrected chi connectivity index (χ0v) is 11.9. The molecular weight excluding hydrogens is 210 g/mol. The molecule has 14 heavy (non-hydrogen) atoms. The van der Waals surface area contributed by atoms with E-state index in [1.54, 1.807) is 6.07 Å². The molecule has 5 nitrogen and oxygen atoms in total. The molecule has 1 aromatic carbocycles. The number of benzene rings is 1. The Bertz CT molecular complexity index is 245. The van der Waals surface area contributed by atoms with E-state index in [1.165, 1.54) is 18.2 Å². The first-order chi connectivity index (χ1) is 5.52. The Labute approximate surface area is 125 Å². The van der Waals surface area contributed by atoms with Crippen LogP contribution in [0.15, 0.2) is 24.3 Å². The van der Waals surface area contributed by atoms with Gasteiger partial charge in [-0.1, -0.05) is 6.07 Å². The van der Waals surface area contributed by atoms with Crippen molar-refractivity contribution >= 4 is 6.16 Å². The van der Waals surface area contributed by atoms with Gasteiger partial charge in [0.1, 0.15) is 11.5 Å². The number of carbonyl (C=O) groups is 1. The van der Waals surface area contributed by atoms with Gasteiger partial charge in [-0.25, -0.2) is 0 Å². The minimum absolute atomic E-state index is 0. The second kappa shape index (κ2) is 11.2. The molecule has 0 aromatic heterocycles. The van der Waals surface area contributed by atoms with Crippen molar-refractivity contribution in [3.05, 3.63) is 24.3 Å². The van der Waals surface area contributed by atoms with Crippen LogP contribution in [0.5, 0.6) is 11.5 Å². The minimum Gasteiger partial charge on any atom is -0.652 e. The summed E-state index contributed by atoms with van der Waals surface area (Å²) in [5.74, 6) is 0.176. The normalized spacial score (nSPS) is 6.86. The number of carboxylic acid groups (broad SMARTS) is 2. The molecule has 0 amide bonds. The van der Waals surface area contributed by atoms with Crippen LogP contribution in [0, 0.1) is 0 Å². The van der Waals surface area contributed by atoms with Gasteiger partial charge in [0.2, 0.25) is 0 Å². The predicted octanol–water partition coefficient (Wildman–Crippen LogP) is -7.34. The Kier molecular flexibility index (Phi) is 15.7. The van der Waals surface area contributed by atoms with Crippen molar-refractivity contribution in [3.63, 3.8) is 0 Å². The zero-order chi connectivity index (χ0) is 9.56. The maximum absolute atomic E-state index is 8.65. The molecule has 0 heterocycles. The number of hydrogen-bond acceptors (Lipinski definition) is 5. The first kappa shape index (κ1) is 19.6. The zero-order valence-electron chi connectivity index (χ0n) is 7.93. The Balaban J connectivity index is -0.000000180. The van der Waals surface area contributed by atoms with Crippen molar-refractivity contribution in [2.75, 3.05) is 0 Å². The van der Waals surface area contributed by atoms with Crippen molar-refractivity contribution in [2.24, 2.45) is 0 Å². The summed E-state index contributed by atoms with van der Waals surface area (Å²) in [7, 11) is 0. The molecule has 0 unspecified atom stereocenters. The molecule has 1 rings (SSSR count). The van der Waals surface area contributed by atoms with Crippen molar-refractivity contribution in [1.29, 1.82) is 0 Å². The van der Waals surface area contributed by atoms with E-state index in [-0.39, 0.29) is 70.6 Å². The number of phenolic OH excluding ortho intramolecular Hbond substituents is 2. The Hall–Kier alpha value is 0.0900. The van der Waals surface area contributed by atoms with Crippen LogP contribution < -0.4 is 69.3 Å². The van der Waals surface area contributed by atoms with Crippen LogP contribution in [0.4, 0.5) is 4.79 Å². The number of hydrogen-bond donors (Lipinski definition) is 2. The van der Waals surface area contributed by atoms with E-state index in [2.05, 4.69) is 0 Å². The second-order valence-electron chi connectivity index (χ2n) is 1.77. The summed E-state index contributed by atoms with van der Waals surface area (Å²) >= 11 is 0. The fourth-order valence-corrected chi connectivity index (χ4v) is 0.493. The maximum Gasteiger partial charge on any atom is 1.00 e. The SMILES string of the molecule is O=C([O-])[O-].Oc1cccc(O)c1.[Na+].[Na+]. The topological polar surface area (TPSA) is 104 Å². The van der Waals surface area contributed by atoms with Gasteiger partial charge in [0.25, 0.3) is 0 Å². The molecule has 0 atom stereocenters. The Morgan fingerprint density at radius 3 is 1.50 bits per heavy atom. The van der Waals surface area contributed by atoms with Gasteiger partial charge in [-0.05, 0) is 18.3 Å². The maximum atomic E-state index is 8.65. The van der Waals surface area contributed by atoms with Crippen molar-refractivity contribution in [1.82, 2.24) is 0 Å². The third-order valence-electron chi connectivity index (χ3n) is 0.830. The summed E-state index contributed by atoms with van der Waals surface area (Å²) in [5.41, 5.74) is 0. The largest absolute Gasteiger partial charge is 1.00 e. The molecule has 0 fully saturated rings. The summed E-state index contributed by atoms with van der Waals surface area (Å²) in [6, 6.07) is 5.85. The van der Waals surface area contributed by atoms with Crippen LogP contribution in [0.1, 0.15) is 0 Å². The molecule has 0 aliphatic heterocycles. The first-order valence-corrected chi connectivity index (χ1v) is 2.88. The quantitative estimate of drug-likeness (QED) is 0.419. The predicted molar refractivity (Wildman–Crippen MR) is 35.2 cm³/mol. The molecule has 1 aromatic rings. The molecule has 0 spiro atoms. The van der Waals surface area contributed by atoms with Crippen LogP contribution in [0.2, 0.25) is 0 Å². The number of rotatable bonds is 0. The summed E-state index contributed by atoms with van der Waals surface area (Å²) in [6.45, 7) is 0. The molecule has 66 valence electrons. The van der Waals surface area contributed by atoms with Crippen LogP contribution in [-0.2, 0) is 0 Å². The average molecular weight is 216 g/mol. The van der Waals surface area contributed by atoms with E-state index < -0.39 is 6.16 Å². The molecule has 7 heteroatoms. The van der Waals surface area contributed by atoms with E-state index in [4.69, 9.17) is 25.2 Å². The van der Waals surface area contributed by atoms with Gasteiger partial charge >= 0.3 is 59.1 Å². The van der Waals surface area contributed by atoms with Gasteiger partial charge in [-0.3, -0.25) is 0 Å². The van der Waals surface area contributed by atoms with E-state index in [0.717, 1.165) is 0 Å². The van der Waals surface area contributed by atoms with Crippen LogP contribution in [0.3, 0.4) is 0 Å². The molecule has 0 bridgehead atoms. The van der Waals surface area contributed by atoms with E-state index in [0.29, 0.717) is 0 Å².